The van der Waals surface area contributed by atoms with E-state index in [1.165, 1.54) is 0 Å². The van der Waals surface area contributed by atoms with Crippen LogP contribution in [0, 0.1) is 5.92 Å². The molecule has 0 spiro atoms. The Bertz CT molecular complexity index is 158. The molecule has 0 fully saturated rings. The third-order valence-corrected chi connectivity index (χ3v) is 2.00. The maximum Gasteiger partial charge on any atom is 0.306 e. The van der Waals surface area contributed by atoms with Crippen LogP contribution in [0.5, 0.6) is 0 Å². The van der Waals surface area contributed by atoms with Crippen molar-refractivity contribution in [2.45, 2.75) is 39.2 Å². The highest BCUT2D eigenvalue weighted by Crippen LogP contribution is 2.06. The second-order valence-corrected chi connectivity index (χ2v) is 3.56. The van der Waals surface area contributed by atoms with Gasteiger partial charge in [-0.2, -0.15) is 0 Å². The number of carboxylic acid groups (broad SMARTS) is 1. The van der Waals surface area contributed by atoms with Crippen molar-refractivity contribution in [1.82, 2.24) is 0 Å². The maximum absolute atomic E-state index is 10.5. The zero-order valence-corrected chi connectivity index (χ0v) is 8.90. The van der Waals surface area contributed by atoms with Gasteiger partial charge in [0.15, 0.2) is 0 Å². The van der Waals surface area contributed by atoms with E-state index in [0.717, 1.165) is 12.8 Å². The van der Waals surface area contributed by atoms with Gasteiger partial charge in [-0.3, -0.25) is 4.79 Å². The zero-order valence-electron chi connectivity index (χ0n) is 8.90. The average molecular weight is 204 g/mol. The summed E-state index contributed by atoms with van der Waals surface area (Å²) in [6.07, 6.45) is 1.61. The number of ether oxygens (including phenoxy) is 1. The second kappa shape index (κ2) is 7.76. The Balaban J connectivity index is 3.45. The van der Waals surface area contributed by atoms with Crippen LogP contribution < -0.4 is 0 Å². The molecule has 4 heteroatoms. The van der Waals surface area contributed by atoms with Crippen molar-refractivity contribution in [1.29, 1.82) is 0 Å². The Morgan fingerprint density at radius 1 is 1.50 bits per heavy atom. The summed E-state index contributed by atoms with van der Waals surface area (Å²) in [6, 6.07) is 0. The molecule has 0 bridgehead atoms. The van der Waals surface area contributed by atoms with E-state index in [2.05, 4.69) is 6.92 Å². The van der Waals surface area contributed by atoms with Crippen LogP contribution in [0.25, 0.3) is 0 Å². The van der Waals surface area contributed by atoms with Crippen LogP contribution in [0.2, 0.25) is 0 Å². The third kappa shape index (κ3) is 6.86. The highest BCUT2D eigenvalue weighted by molar-refractivity contribution is 5.69. The normalized spacial score (nSPS) is 15.1. The van der Waals surface area contributed by atoms with Crippen molar-refractivity contribution in [3.05, 3.63) is 0 Å². The van der Waals surface area contributed by atoms with Gasteiger partial charge in [0.05, 0.1) is 18.6 Å². The van der Waals surface area contributed by atoms with E-state index < -0.39 is 18.0 Å². The highest BCUT2D eigenvalue weighted by Gasteiger charge is 2.16. The fraction of sp³-hybridized carbons (Fsp3) is 0.900. The standard InChI is InChI=1S/C10H20O4/c1-3-4-5-14-7-9(11)6-8(2)10(12)13/h8-9,11H,3-7H2,1-2H3,(H,12,13). The van der Waals surface area contributed by atoms with Gasteiger partial charge >= 0.3 is 5.97 Å². The van der Waals surface area contributed by atoms with Crippen LogP contribution in [0.15, 0.2) is 0 Å². The number of carbonyl (C=O) groups is 1. The second-order valence-electron chi connectivity index (χ2n) is 3.56. The molecule has 0 rings (SSSR count). The fourth-order valence-corrected chi connectivity index (χ4v) is 1.04. The number of unbranched alkanes of at least 4 members (excludes halogenated alkanes) is 1. The summed E-state index contributed by atoms with van der Waals surface area (Å²) in [5.41, 5.74) is 0. The Kier molecular flexibility index (Phi) is 7.42. The molecule has 0 heterocycles. The van der Waals surface area contributed by atoms with Crippen molar-refractivity contribution in [2.24, 2.45) is 5.92 Å². The molecule has 14 heavy (non-hydrogen) atoms. The lowest BCUT2D eigenvalue weighted by Crippen LogP contribution is -2.22. The van der Waals surface area contributed by atoms with Crippen LogP contribution in [0.4, 0.5) is 0 Å². The Morgan fingerprint density at radius 2 is 2.14 bits per heavy atom. The summed E-state index contributed by atoms with van der Waals surface area (Å²) >= 11 is 0. The van der Waals surface area contributed by atoms with Gasteiger partial charge in [-0.05, 0) is 12.8 Å². The number of aliphatic carboxylic acids is 1. The monoisotopic (exact) mass is 204 g/mol. The SMILES string of the molecule is CCCCOCC(O)CC(C)C(=O)O. The van der Waals surface area contributed by atoms with Crippen LogP contribution in [0.3, 0.4) is 0 Å². The number of aliphatic hydroxyl groups is 1. The third-order valence-electron chi connectivity index (χ3n) is 2.00. The molecule has 0 amide bonds. The van der Waals surface area contributed by atoms with E-state index in [9.17, 15) is 9.90 Å². The molecular weight excluding hydrogens is 184 g/mol. The van der Waals surface area contributed by atoms with Crippen molar-refractivity contribution in [3.63, 3.8) is 0 Å². The van der Waals surface area contributed by atoms with Crippen molar-refractivity contribution < 1.29 is 19.7 Å². The van der Waals surface area contributed by atoms with E-state index in [1.54, 1.807) is 6.92 Å². The molecule has 0 aliphatic rings. The fourth-order valence-electron chi connectivity index (χ4n) is 1.04. The Hall–Kier alpha value is -0.610. The van der Waals surface area contributed by atoms with Crippen LogP contribution in [0.1, 0.15) is 33.1 Å². The molecule has 0 radical (unpaired) electrons. The first-order valence-corrected chi connectivity index (χ1v) is 5.06. The minimum absolute atomic E-state index is 0.234. The molecule has 84 valence electrons. The smallest absolute Gasteiger partial charge is 0.306 e. The predicted molar refractivity (Wildman–Crippen MR) is 53.2 cm³/mol. The number of rotatable bonds is 8. The minimum atomic E-state index is -0.877. The van der Waals surface area contributed by atoms with Gasteiger partial charge in [0.25, 0.3) is 0 Å². The average Bonchev–Trinajstić information content (AvgIpc) is 2.12. The van der Waals surface area contributed by atoms with Crippen LogP contribution in [-0.4, -0.2) is 35.5 Å². The first kappa shape index (κ1) is 13.4. The van der Waals surface area contributed by atoms with E-state index in [1.807, 2.05) is 0 Å². The quantitative estimate of drug-likeness (QED) is 0.584. The molecule has 0 aromatic carbocycles. The van der Waals surface area contributed by atoms with E-state index >= 15 is 0 Å². The molecule has 0 saturated carbocycles. The molecule has 0 saturated heterocycles. The lowest BCUT2D eigenvalue weighted by molar-refractivity contribution is -0.142. The zero-order chi connectivity index (χ0) is 11.0. The minimum Gasteiger partial charge on any atom is -0.481 e. The summed E-state index contributed by atoms with van der Waals surface area (Å²) in [4.78, 5) is 10.5. The summed E-state index contributed by atoms with van der Waals surface area (Å²) < 4.78 is 5.17. The highest BCUT2D eigenvalue weighted by atomic mass is 16.5. The number of hydrogen-bond donors (Lipinski definition) is 2. The van der Waals surface area contributed by atoms with Crippen molar-refractivity contribution in [3.8, 4) is 0 Å². The molecular formula is C10H20O4. The summed E-state index contributed by atoms with van der Waals surface area (Å²) in [5, 5.41) is 18.0. The van der Waals surface area contributed by atoms with Crippen molar-refractivity contribution in [2.75, 3.05) is 13.2 Å². The van der Waals surface area contributed by atoms with E-state index in [0.29, 0.717) is 6.61 Å². The van der Waals surface area contributed by atoms with Gasteiger partial charge in [-0.15, -0.1) is 0 Å². The van der Waals surface area contributed by atoms with Gasteiger partial charge < -0.3 is 14.9 Å². The number of carboxylic acids is 1. The summed E-state index contributed by atoms with van der Waals surface area (Å²) in [7, 11) is 0. The van der Waals surface area contributed by atoms with Gasteiger partial charge in [0, 0.05) is 6.61 Å². The predicted octanol–water partition coefficient (Wildman–Crippen LogP) is 1.27. The molecule has 0 aromatic heterocycles. The van der Waals surface area contributed by atoms with Gasteiger partial charge in [-0.1, -0.05) is 20.3 Å². The van der Waals surface area contributed by atoms with Crippen molar-refractivity contribution >= 4 is 5.97 Å². The maximum atomic E-state index is 10.5. The number of aliphatic hydroxyl groups excluding tert-OH is 1. The first-order valence-electron chi connectivity index (χ1n) is 5.06. The number of hydrogen-bond acceptors (Lipinski definition) is 3. The van der Waals surface area contributed by atoms with Crippen LogP contribution in [-0.2, 0) is 9.53 Å². The summed E-state index contributed by atoms with van der Waals surface area (Å²) in [6.45, 7) is 4.51. The van der Waals surface area contributed by atoms with Gasteiger partial charge in [0.1, 0.15) is 0 Å². The molecule has 2 unspecified atom stereocenters. The Morgan fingerprint density at radius 3 is 2.64 bits per heavy atom. The van der Waals surface area contributed by atoms with Gasteiger partial charge in [0.2, 0.25) is 0 Å². The molecule has 2 atom stereocenters. The van der Waals surface area contributed by atoms with Gasteiger partial charge in [-0.25, -0.2) is 0 Å². The van der Waals surface area contributed by atoms with Crippen LogP contribution >= 0.6 is 0 Å². The van der Waals surface area contributed by atoms with E-state index in [-0.39, 0.29) is 13.0 Å². The topological polar surface area (TPSA) is 66.8 Å². The largest absolute Gasteiger partial charge is 0.481 e. The Labute approximate surface area is 84.9 Å². The lowest BCUT2D eigenvalue weighted by Gasteiger charge is -2.13. The molecule has 0 aliphatic heterocycles. The van der Waals surface area contributed by atoms with E-state index in [4.69, 9.17) is 9.84 Å². The molecule has 2 N–H and O–H groups in total. The summed E-state index contributed by atoms with van der Waals surface area (Å²) in [5.74, 6) is -1.39. The molecule has 0 aromatic rings. The molecule has 0 aliphatic carbocycles. The first-order chi connectivity index (χ1) is 6.57. The lowest BCUT2D eigenvalue weighted by atomic mass is 10.0. The molecule has 4 nitrogen and oxygen atoms in total.